The Morgan fingerprint density at radius 3 is 2.28 bits per heavy atom. The van der Waals surface area contributed by atoms with E-state index in [1.807, 2.05) is 0 Å². The third-order valence-corrected chi connectivity index (χ3v) is 4.60. The van der Waals surface area contributed by atoms with Gasteiger partial charge in [-0.2, -0.15) is 0 Å². The number of aromatic nitrogens is 1. The highest BCUT2D eigenvalue weighted by Gasteiger charge is 2.17. The van der Waals surface area contributed by atoms with Crippen LogP contribution in [0.2, 0.25) is 0 Å². The van der Waals surface area contributed by atoms with Gasteiger partial charge in [0.25, 0.3) is 0 Å². The summed E-state index contributed by atoms with van der Waals surface area (Å²) in [6.45, 7) is 0. The Morgan fingerprint density at radius 1 is 0.862 bits per heavy atom. The van der Waals surface area contributed by atoms with Crippen molar-refractivity contribution in [3.05, 3.63) is 100 Å². The molecule has 0 atom stereocenters. The van der Waals surface area contributed by atoms with Gasteiger partial charge in [-0.25, -0.2) is 18.0 Å². The van der Waals surface area contributed by atoms with E-state index >= 15 is 0 Å². The minimum atomic E-state index is -1.29. The second kappa shape index (κ2) is 6.94. The smallest absolute Gasteiger partial charge is 0.335 e. The lowest BCUT2D eigenvalue weighted by Crippen LogP contribution is -2.10. The molecule has 0 aliphatic heterocycles. The van der Waals surface area contributed by atoms with Crippen LogP contribution >= 0.6 is 0 Å². The van der Waals surface area contributed by atoms with Crippen molar-refractivity contribution in [1.29, 1.82) is 0 Å². The lowest BCUT2D eigenvalue weighted by Gasteiger charge is -2.14. The van der Waals surface area contributed by atoms with Gasteiger partial charge in [-0.3, -0.25) is 4.79 Å². The summed E-state index contributed by atoms with van der Waals surface area (Å²) in [5.41, 5.74) is -0.0664. The zero-order valence-corrected chi connectivity index (χ0v) is 14.7. The molecule has 7 heteroatoms. The van der Waals surface area contributed by atoms with Crippen LogP contribution in [0.25, 0.3) is 27.9 Å². The molecule has 144 valence electrons. The van der Waals surface area contributed by atoms with Gasteiger partial charge in [-0.15, -0.1) is 0 Å². The second-order valence-corrected chi connectivity index (χ2v) is 6.35. The number of rotatable bonds is 3. The molecule has 0 aliphatic carbocycles. The number of carboxylic acid groups (broad SMARTS) is 1. The Morgan fingerprint density at radius 2 is 1.59 bits per heavy atom. The Labute approximate surface area is 162 Å². The highest BCUT2D eigenvalue weighted by molar-refractivity contribution is 5.89. The summed E-state index contributed by atoms with van der Waals surface area (Å²) in [6, 6.07) is 12.3. The van der Waals surface area contributed by atoms with Crippen LogP contribution in [0.5, 0.6) is 0 Å². The summed E-state index contributed by atoms with van der Waals surface area (Å²) in [4.78, 5) is 23.6. The Bertz CT molecular complexity index is 1350. The van der Waals surface area contributed by atoms with E-state index in [2.05, 4.69) is 0 Å². The molecule has 0 fully saturated rings. The van der Waals surface area contributed by atoms with Crippen LogP contribution in [-0.2, 0) is 0 Å². The number of hydrogen-bond donors (Lipinski definition) is 1. The lowest BCUT2D eigenvalue weighted by atomic mass is 10.0. The number of hydrogen-bond acceptors (Lipinski definition) is 2. The summed E-state index contributed by atoms with van der Waals surface area (Å²) < 4.78 is 43.7. The summed E-state index contributed by atoms with van der Waals surface area (Å²) in [7, 11) is 0. The van der Waals surface area contributed by atoms with Gasteiger partial charge >= 0.3 is 5.97 Å². The molecule has 0 radical (unpaired) electrons. The van der Waals surface area contributed by atoms with E-state index < -0.39 is 28.8 Å². The fraction of sp³-hybridized carbons (Fsp3) is 0. The van der Waals surface area contributed by atoms with Crippen LogP contribution in [0.3, 0.4) is 0 Å². The van der Waals surface area contributed by atoms with Crippen molar-refractivity contribution >= 4 is 11.5 Å². The molecule has 29 heavy (non-hydrogen) atoms. The van der Waals surface area contributed by atoms with Crippen LogP contribution in [-0.4, -0.2) is 15.5 Å². The topological polar surface area (TPSA) is 58.8 Å². The van der Waals surface area contributed by atoms with Gasteiger partial charge in [0.2, 0.25) is 0 Å². The maximum absolute atomic E-state index is 14.6. The van der Waals surface area contributed by atoms with Crippen molar-refractivity contribution in [2.24, 2.45) is 0 Å². The summed E-state index contributed by atoms with van der Waals surface area (Å²) in [5.74, 6) is -3.66. The average molecular weight is 395 g/mol. The molecule has 2 aromatic heterocycles. The summed E-state index contributed by atoms with van der Waals surface area (Å²) in [5, 5.41) is 9.01. The number of carboxylic acids is 1. The fourth-order valence-corrected chi connectivity index (χ4v) is 3.28. The molecule has 0 saturated carbocycles. The van der Waals surface area contributed by atoms with Gasteiger partial charge in [0, 0.05) is 29.5 Å². The number of halogens is 3. The van der Waals surface area contributed by atoms with E-state index in [0.29, 0.717) is 11.2 Å². The van der Waals surface area contributed by atoms with Gasteiger partial charge in [0.05, 0.1) is 22.3 Å². The van der Waals surface area contributed by atoms with Gasteiger partial charge in [0.1, 0.15) is 17.5 Å². The van der Waals surface area contributed by atoms with E-state index in [1.165, 1.54) is 34.9 Å². The predicted molar refractivity (Wildman–Crippen MR) is 101 cm³/mol. The monoisotopic (exact) mass is 395 g/mol. The molecule has 0 spiro atoms. The minimum Gasteiger partial charge on any atom is -0.478 e. The molecule has 4 nitrogen and oxygen atoms in total. The standard InChI is InChI=1S/C22H12F3NO3/c23-13-5-7-14(17(25)11-13)18-2-1-3-19-21(20(27)8-9-26(18)19)15-6-4-12(22(28)29)10-16(15)24/h1-11H,(H,28,29). The first kappa shape index (κ1) is 18.5. The Kier molecular flexibility index (Phi) is 4.43. The molecular weight excluding hydrogens is 383 g/mol. The van der Waals surface area contributed by atoms with Crippen molar-refractivity contribution in [3.8, 4) is 22.4 Å². The first-order chi connectivity index (χ1) is 13.9. The van der Waals surface area contributed by atoms with E-state index in [0.717, 1.165) is 18.2 Å². The molecule has 4 rings (SSSR count). The Balaban J connectivity index is 2.01. The molecule has 0 bridgehead atoms. The van der Waals surface area contributed by atoms with Gasteiger partial charge < -0.3 is 9.51 Å². The number of nitrogens with zero attached hydrogens (tertiary/aromatic N) is 1. The number of fused-ring (bicyclic) bond motifs is 1. The lowest BCUT2D eigenvalue weighted by molar-refractivity contribution is 0.0696. The summed E-state index contributed by atoms with van der Waals surface area (Å²) in [6.07, 6.45) is 1.42. The second-order valence-electron chi connectivity index (χ2n) is 6.35. The fourth-order valence-electron chi connectivity index (χ4n) is 3.28. The largest absolute Gasteiger partial charge is 0.478 e. The first-order valence-electron chi connectivity index (χ1n) is 8.50. The minimum absolute atomic E-state index is 0.00584. The van der Waals surface area contributed by atoms with Crippen LogP contribution in [0.4, 0.5) is 13.2 Å². The zero-order valence-electron chi connectivity index (χ0n) is 14.7. The van der Waals surface area contributed by atoms with Crippen LogP contribution < -0.4 is 5.43 Å². The van der Waals surface area contributed by atoms with Crippen LogP contribution in [0.1, 0.15) is 10.4 Å². The van der Waals surface area contributed by atoms with Crippen LogP contribution in [0.15, 0.2) is 71.7 Å². The maximum atomic E-state index is 14.6. The van der Waals surface area contributed by atoms with Crippen molar-refractivity contribution in [3.63, 3.8) is 0 Å². The van der Waals surface area contributed by atoms with Crippen molar-refractivity contribution in [2.45, 2.75) is 0 Å². The van der Waals surface area contributed by atoms with E-state index in [9.17, 15) is 22.8 Å². The third kappa shape index (κ3) is 3.16. The predicted octanol–water partition coefficient (Wildman–Crippen LogP) is 4.75. The van der Waals surface area contributed by atoms with E-state index in [-0.39, 0.29) is 22.3 Å². The van der Waals surface area contributed by atoms with Gasteiger partial charge in [-0.05, 0) is 36.4 Å². The quantitative estimate of drug-likeness (QED) is 0.545. The summed E-state index contributed by atoms with van der Waals surface area (Å²) >= 11 is 0. The molecule has 4 aromatic rings. The highest BCUT2D eigenvalue weighted by atomic mass is 19.1. The number of pyridine rings is 2. The van der Waals surface area contributed by atoms with E-state index in [1.54, 1.807) is 18.2 Å². The average Bonchev–Trinajstić information content (AvgIpc) is 2.68. The number of benzene rings is 2. The molecular formula is C22H12F3NO3. The molecule has 2 heterocycles. The van der Waals surface area contributed by atoms with E-state index in [4.69, 9.17) is 5.11 Å². The zero-order chi connectivity index (χ0) is 20.7. The molecule has 1 N–H and O–H groups in total. The molecule has 0 amide bonds. The number of carbonyl (C=O) groups is 1. The molecule has 0 aliphatic rings. The number of aromatic carboxylic acids is 1. The SMILES string of the molecule is O=C(O)c1ccc(-c2c(=O)ccn3c(-c4ccc(F)cc4F)cccc23)c(F)c1. The first-order valence-corrected chi connectivity index (χ1v) is 8.50. The molecule has 2 aromatic carbocycles. The maximum Gasteiger partial charge on any atom is 0.335 e. The Hall–Kier alpha value is -3.87. The van der Waals surface area contributed by atoms with Crippen molar-refractivity contribution < 1.29 is 23.1 Å². The van der Waals surface area contributed by atoms with Crippen molar-refractivity contribution in [1.82, 2.24) is 4.40 Å². The molecule has 0 unspecified atom stereocenters. The normalized spacial score (nSPS) is 11.0. The highest BCUT2D eigenvalue weighted by Crippen LogP contribution is 2.29. The van der Waals surface area contributed by atoms with Crippen molar-refractivity contribution in [2.75, 3.05) is 0 Å². The van der Waals surface area contributed by atoms with Gasteiger partial charge in [-0.1, -0.05) is 12.1 Å². The third-order valence-electron chi connectivity index (χ3n) is 4.60. The van der Waals surface area contributed by atoms with Crippen LogP contribution in [0, 0.1) is 17.5 Å². The van der Waals surface area contributed by atoms with Gasteiger partial charge in [0.15, 0.2) is 5.43 Å². The molecule has 0 saturated heterocycles.